The summed E-state index contributed by atoms with van der Waals surface area (Å²) in [5.41, 5.74) is 0.0641. The van der Waals surface area contributed by atoms with Gasteiger partial charge in [0.15, 0.2) is 0 Å². The predicted molar refractivity (Wildman–Crippen MR) is 67.0 cm³/mol. The fourth-order valence-electron chi connectivity index (χ4n) is 1.77. The number of nitrogens with zero attached hydrogens (tertiary/aromatic N) is 2. The van der Waals surface area contributed by atoms with E-state index in [2.05, 4.69) is 17.2 Å². The van der Waals surface area contributed by atoms with Crippen LogP contribution in [-0.2, 0) is 6.54 Å². The molecule has 1 unspecified atom stereocenters. The van der Waals surface area contributed by atoms with Crippen molar-refractivity contribution in [2.75, 3.05) is 13.6 Å². The maximum absolute atomic E-state index is 12.0. The third-order valence-corrected chi connectivity index (χ3v) is 3.33. The zero-order valence-electron chi connectivity index (χ0n) is 9.43. The lowest BCUT2D eigenvalue weighted by molar-refractivity contribution is 0.453. The first kappa shape index (κ1) is 11.3. The van der Waals surface area contributed by atoms with Gasteiger partial charge >= 0.3 is 0 Å². The highest BCUT2D eigenvalue weighted by molar-refractivity contribution is 7.16. The Morgan fingerprint density at radius 1 is 1.62 bits per heavy atom. The van der Waals surface area contributed by atoms with Gasteiger partial charge in [-0.15, -0.1) is 11.3 Å². The average Bonchev–Trinajstić information content (AvgIpc) is 2.71. The molecule has 0 saturated carbocycles. The number of rotatable bonds is 4. The molecular weight excluding hydrogens is 222 g/mol. The number of hydrogen-bond acceptors (Lipinski definition) is 4. The molecule has 0 aromatic carbocycles. The molecule has 0 fully saturated rings. The number of hydrogen-bond donors (Lipinski definition) is 1. The van der Waals surface area contributed by atoms with Gasteiger partial charge in [0.2, 0.25) is 0 Å². The summed E-state index contributed by atoms with van der Waals surface area (Å²) < 4.78 is 1.69. The van der Waals surface area contributed by atoms with Crippen LogP contribution in [0.1, 0.15) is 6.92 Å². The molecule has 0 spiro atoms. The molecule has 0 aliphatic heterocycles. The second kappa shape index (κ2) is 4.76. The molecule has 0 amide bonds. The smallest absolute Gasteiger partial charge is 0.262 e. The van der Waals surface area contributed by atoms with Gasteiger partial charge in [0.25, 0.3) is 5.56 Å². The lowest BCUT2D eigenvalue weighted by Gasteiger charge is -2.12. The maximum atomic E-state index is 12.0. The van der Waals surface area contributed by atoms with Crippen LogP contribution < -0.4 is 10.9 Å². The minimum atomic E-state index is 0.0641. The number of aromatic nitrogens is 2. The highest BCUT2D eigenvalue weighted by Gasteiger charge is 2.07. The normalized spacial score (nSPS) is 13.1. The fourth-order valence-corrected chi connectivity index (χ4v) is 2.50. The molecular formula is C11H15N3OS. The molecule has 2 aromatic heterocycles. The Bertz CT molecular complexity index is 531. The van der Waals surface area contributed by atoms with E-state index in [9.17, 15) is 4.79 Å². The van der Waals surface area contributed by atoms with E-state index in [1.807, 2.05) is 18.5 Å². The summed E-state index contributed by atoms with van der Waals surface area (Å²) in [5.74, 6) is 0.417. The highest BCUT2D eigenvalue weighted by Crippen LogP contribution is 2.13. The summed E-state index contributed by atoms with van der Waals surface area (Å²) in [6, 6.07) is 1.84. The molecule has 86 valence electrons. The van der Waals surface area contributed by atoms with Crippen molar-refractivity contribution in [1.82, 2.24) is 14.9 Å². The monoisotopic (exact) mass is 237 g/mol. The van der Waals surface area contributed by atoms with Crippen LogP contribution >= 0.6 is 11.3 Å². The Balaban J connectivity index is 2.31. The molecule has 1 atom stereocenters. The highest BCUT2D eigenvalue weighted by atomic mass is 32.1. The van der Waals surface area contributed by atoms with Crippen LogP contribution in [0.4, 0.5) is 0 Å². The Hall–Kier alpha value is -1.20. The first-order valence-corrected chi connectivity index (χ1v) is 6.17. The molecule has 5 heteroatoms. The lowest BCUT2D eigenvalue weighted by atomic mass is 10.2. The summed E-state index contributed by atoms with van der Waals surface area (Å²) in [5, 5.41) is 5.73. The third kappa shape index (κ3) is 2.15. The van der Waals surface area contributed by atoms with E-state index >= 15 is 0 Å². The molecule has 2 aromatic rings. The van der Waals surface area contributed by atoms with Crippen molar-refractivity contribution in [3.8, 4) is 0 Å². The zero-order chi connectivity index (χ0) is 11.5. The first-order chi connectivity index (χ1) is 7.72. The van der Waals surface area contributed by atoms with E-state index in [4.69, 9.17) is 0 Å². The van der Waals surface area contributed by atoms with E-state index in [-0.39, 0.29) is 5.56 Å². The van der Waals surface area contributed by atoms with Gasteiger partial charge in [0.1, 0.15) is 4.83 Å². The van der Waals surface area contributed by atoms with E-state index < -0.39 is 0 Å². The van der Waals surface area contributed by atoms with Gasteiger partial charge in [-0.1, -0.05) is 6.92 Å². The summed E-state index contributed by atoms with van der Waals surface area (Å²) in [6.07, 6.45) is 1.65. The topological polar surface area (TPSA) is 46.9 Å². The molecule has 16 heavy (non-hydrogen) atoms. The van der Waals surface area contributed by atoms with Crippen molar-refractivity contribution in [3.05, 3.63) is 28.1 Å². The average molecular weight is 237 g/mol. The zero-order valence-corrected chi connectivity index (χ0v) is 10.3. The van der Waals surface area contributed by atoms with E-state index in [1.165, 1.54) is 11.3 Å². The molecule has 4 nitrogen and oxygen atoms in total. The largest absolute Gasteiger partial charge is 0.319 e. The summed E-state index contributed by atoms with van der Waals surface area (Å²) in [6.45, 7) is 3.72. The van der Waals surface area contributed by atoms with Crippen LogP contribution in [0.3, 0.4) is 0 Å². The molecule has 2 heterocycles. The lowest BCUT2D eigenvalue weighted by Crippen LogP contribution is -2.27. The molecule has 0 bridgehead atoms. The van der Waals surface area contributed by atoms with Crippen LogP contribution in [0.5, 0.6) is 0 Å². The summed E-state index contributed by atoms with van der Waals surface area (Å²) >= 11 is 1.50. The van der Waals surface area contributed by atoms with E-state index in [0.717, 1.165) is 16.8 Å². The Morgan fingerprint density at radius 2 is 2.44 bits per heavy atom. The minimum absolute atomic E-state index is 0.0641. The number of thiophene rings is 1. The second-order valence-electron chi connectivity index (χ2n) is 4.00. The van der Waals surface area contributed by atoms with Crippen LogP contribution in [0.2, 0.25) is 0 Å². The van der Waals surface area contributed by atoms with Crippen LogP contribution in [0, 0.1) is 5.92 Å². The van der Waals surface area contributed by atoms with Crippen LogP contribution in [0.15, 0.2) is 22.6 Å². The van der Waals surface area contributed by atoms with Crippen LogP contribution in [-0.4, -0.2) is 23.1 Å². The quantitative estimate of drug-likeness (QED) is 0.872. The summed E-state index contributed by atoms with van der Waals surface area (Å²) in [4.78, 5) is 17.1. The summed E-state index contributed by atoms with van der Waals surface area (Å²) in [7, 11) is 1.92. The molecule has 0 aliphatic rings. The van der Waals surface area contributed by atoms with E-state index in [0.29, 0.717) is 12.5 Å². The molecule has 0 saturated heterocycles. The van der Waals surface area contributed by atoms with Gasteiger partial charge in [-0.05, 0) is 31.0 Å². The molecule has 0 aliphatic carbocycles. The van der Waals surface area contributed by atoms with Crippen LogP contribution in [0.25, 0.3) is 10.2 Å². The van der Waals surface area contributed by atoms with Gasteiger partial charge in [-0.25, -0.2) is 4.98 Å². The van der Waals surface area contributed by atoms with Gasteiger partial charge < -0.3 is 5.32 Å². The van der Waals surface area contributed by atoms with Crippen molar-refractivity contribution in [3.63, 3.8) is 0 Å². The first-order valence-electron chi connectivity index (χ1n) is 5.29. The van der Waals surface area contributed by atoms with E-state index in [1.54, 1.807) is 10.9 Å². The SMILES string of the molecule is CNCC(C)Cn1cnc2sccc2c1=O. The number of nitrogens with one attached hydrogen (secondary N) is 1. The fraction of sp³-hybridized carbons (Fsp3) is 0.455. The minimum Gasteiger partial charge on any atom is -0.319 e. The van der Waals surface area contributed by atoms with Gasteiger partial charge in [-0.3, -0.25) is 9.36 Å². The molecule has 0 radical (unpaired) electrons. The maximum Gasteiger partial charge on any atom is 0.262 e. The van der Waals surface area contributed by atoms with Crippen molar-refractivity contribution >= 4 is 21.6 Å². The number of fused-ring (bicyclic) bond motifs is 1. The van der Waals surface area contributed by atoms with Crippen molar-refractivity contribution < 1.29 is 0 Å². The second-order valence-corrected chi connectivity index (χ2v) is 4.90. The standard InChI is InChI=1S/C11H15N3OS/c1-8(5-12-2)6-14-7-13-10-9(11(14)15)3-4-16-10/h3-4,7-8,12H,5-6H2,1-2H3. The van der Waals surface area contributed by atoms with Crippen molar-refractivity contribution in [2.24, 2.45) is 5.92 Å². The Kier molecular flexibility index (Phi) is 3.36. The molecule has 2 rings (SSSR count). The third-order valence-electron chi connectivity index (χ3n) is 2.51. The predicted octanol–water partition coefficient (Wildman–Crippen LogP) is 1.31. The Labute approximate surface area is 97.9 Å². The van der Waals surface area contributed by atoms with Gasteiger partial charge in [0, 0.05) is 6.54 Å². The van der Waals surface area contributed by atoms with Crippen molar-refractivity contribution in [1.29, 1.82) is 0 Å². The van der Waals surface area contributed by atoms with Crippen molar-refractivity contribution in [2.45, 2.75) is 13.5 Å². The molecule has 1 N–H and O–H groups in total. The Morgan fingerprint density at radius 3 is 3.19 bits per heavy atom. The van der Waals surface area contributed by atoms with Gasteiger partial charge in [-0.2, -0.15) is 0 Å². The van der Waals surface area contributed by atoms with Gasteiger partial charge in [0.05, 0.1) is 11.7 Å².